The van der Waals surface area contributed by atoms with Crippen molar-refractivity contribution in [2.45, 2.75) is 6.92 Å². The van der Waals surface area contributed by atoms with Crippen LogP contribution in [0.1, 0.15) is 11.1 Å². The lowest BCUT2D eigenvalue weighted by atomic mass is 10.1. The average Bonchev–Trinajstić information content (AvgIpc) is 2.28. The Kier molecular flexibility index (Phi) is 3.87. The summed E-state index contributed by atoms with van der Waals surface area (Å²) in [7, 11) is 1.42. The Hall–Kier alpha value is -2.30. The zero-order valence-electron chi connectivity index (χ0n) is 9.43. The second-order valence-electron chi connectivity index (χ2n) is 3.40. The monoisotopic (exact) mass is 236 g/mol. The second kappa shape index (κ2) is 5.16. The number of carboxylic acid groups (broad SMARTS) is 1. The van der Waals surface area contributed by atoms with Gasteiger partial charge in [0.2, 0.25) is 0 Å². The van der Waals surface area contributed by atoms with Crippen LogP contribution in [-0.4, -0.2) is 29.1 Å². The van der Waals surface area contributed by atoms with Crippen LogP contribution in [-0.2, 0) is 9.59 Å². The van der Waals surface area contributed by atoms with Crippen LogP contribution in [0.5, 0.6) is 5.75 Å². The van der Waals surface area contributed by atoms with Crippen molar-refractivity contribution in [3.63, 3.8) is 0 Å². The molecule has 2 N–H and O–H groups in total. The normalized spacial score (nSPS) is 11.1. The molecule has 5 nitrogen and oxygen atoms in total. The van der Waals surface area contributed by atoms with Gasteiger partial charge in [0.25, 0.3) is 5.78 Å². The highest BCUT2D eigenvalue weighted by Crippen LogP contribution is 2.25. The zero-order valence-corrected chi connectivity index (χ0v) is 9.43. The van der Waals surface area contributed by atoms with Crippen LogP contribution in [0.25, 0.3) is 5.76 Å². The number of benzene rings is 1. The maximum Gasteiger partial charge on any atom is 0.376 e. The van der Waals surface area contributed by atoms with Crippen molar-refractivity contribution >= 4 is 17.5 Å². The number of aliphatic hydroxyl groups is 1. The smallest absolute Gasteiger partial charge is 0.376 e. The van der Waals surface area contributed by atoms with Crippen LogP contribution in [0.3, 0.4) is 0 Å². The Labute approximate surface area is 98.0 Å². The molecule has 90 valence electrons. The third-order valence-electron chi connectivity index (χ3n) is 2.11. The van der Waals surface area contributed by atoms with Gasteiger partial charge in [0.15, 0.2) is 0 Å². The Balaban J connectivity index is 3.19. The van der Waals surface area contributed by atoms with E-state index in [1.165, 1.54) is 7.11 Å². The largest absolute Gasteiger partial charge is 0.507 e. The van der Waals surface area contributed by atoms with E-state index in [9.17, 15) is 14.7 Å². The number of ketones is 1. The van der Waals surface area contributed by atoms with Crippen molar-refractivity contribution in [1.82, 2.24) is 0 Å². The molecule has 0 atom stereocenters. The minimum absolute atomic E-state index is 0.280. The molecule has 0 aliphatic carbocycles. The summed E-state index contributed by atoms with van der Waals surface area (Å²) in [6.45, 7) is 1.80. The highest BCUT2D eigenvalue weighted by molar-refractivity contribution is 6.38. The van der Waals surface area contributed by atoms with Gasteiger partial charge >= 0.3 is 5.97 Å². The summed E-state index contributed by atoms with van der Waals surface area (Å²) >= 11 is 0. The minimum Gasteiger partial charge on any atom is -0.507 e. The number of carboxylic acids is 1. The number of carbonyl (C=O) groups excluding carboxylic acids is 1. The first-order valence-electron chi connectivity index (χ1n) is 4.78. The van der Waals surface area contributed by atoms with Crippen LogP contribution in [0.15, 0.2) is 24.3 Å². The van der Waals surface area contributed by atoms with Crippen LogP contribution in [0.4, 0.5) is 0 Å². The van der Waals surface area contributed by atoms with Gasteiger partial charge < -0.3 is 14.9 Å². The molecule has 0 aliphatic heterocycles. The first kappa shape index (κ1) is 12.8. The molecule has 0 saturated heterocycles. The van der Waals surface area contributed by atoms with Crippen LogP contribution in [0, 0.1) is 6.92 Å². The first-order chi connectivity index (χ1) is 7.95. The molecule has 1 aromatic rings. The predicted molar refractivity (Wildman–Crippen MR) is 61.0 cm³/mol. The summed E-state index contributed by atoms with van der Waals surface area (Å²) in [6, 6.07) is 4.99. The Morgan fingerprint density at radius 2 is 1.94 bits per heavy atom. The average molecular weight is 236 g/mol. The number of aryl methyl sites for hydroxylation is 1. The minimum atomic E-state index is -1.62. The summed E-state index contributed by atoms with van der Waals surface area (Å²) in [5.74, 6) is -2.88. The quantitative estimate of drug-likeness (QED) is 0.471. The second-order valence-corrected chi connectivity index (χ2v) is 3.40. The number of hydrogen-bond acceptors (Lipinski definition) is 4. The Morgan fingerprint density at radius 1 is 1.29 bits per heavy atom. The van der Waals surface area contributed by atoms with Crippen LogP contribution >= 0.6 is 0 Å². The summed E-state index contributed by atoms with van der Waals surface area (Å²) in [6.07, 6.45) is 0.652. The van der Waals surface area contributed by atoms with E-state index in [4.69, 9.17) is 9.84 Å². The van der Waals surface area contributed by atoms with Gasteiger partial charge in [0, 0.05) is 6.08 Å². The van der Waals surface area contributed by atoms with Crippen molar-refractivity contribution in [3.8, 4) is 5.75 Å². The van der Waals surface area contributed by atoms with Crippen molar-refractivity contribution in [2.24, 2.45) is 0 Å². The number of methoxy groups -OCH3 is 1. The fraction of sp³-hybridized carbons (Fsp3) is 0.167. The van der Waals surface area contributed by atoms with Gasteiger partial charge in [0.05, 0.1) is 12.7 Å². The molecule has 0 aliphatic rings. The molecular weight excluding hydrogens is 224 g/mol. The molecule has 0 aromatic heterocycles. The zero-order chi connectivity index (χ0) is 13.0. The third-order valence-corrected chi connectivity index (χ3v) is 2.11. The van der Waals surface area contributed by atoms with Gasteiger partial charge in [0.1, 0.15) is 11.5 Å². The maximum atomic E-state index is 10.9. The molecular formula is C12H12O5. The van der Waals surface area contributed by atoms with E-state index in [1.807, 2.05) is 0 Å². The van der Waals surface area contributed by atoms with E-state index < -0.39 is 17.5 Å². The number of aliphatic carboxylic acids is 1. The highest BCUT2D eigenvalue weighted by atomic mass is 16.5. The van der Waals surface area contributed by atoms with Gasteiger partial charge in [-0.3, -0.25) is 4.79 Å². The Morgan fingerprint density at radius 3 is 2.47 bits per heavy atom. The third kappa shape index (κ3) is 3.07. The summed E-state index contributed by atoms with van der Waals surface area (Å²) in [4.78, 5) is 21.3. The van der Waals surface area contributed by atoms with Crippen molar-refractivity contribution < 1.29 is 24.5 Å². The van der Waals surface area contributed by atoms with E-state index in [1.54, 1.807) is 25.1 Å². The summed E-state index contributed by atoms with van der Waals surface area (Å²) in [5.41, 5.74) is 1.13. The molecule has 0 saturated carbocycles. The summed E-state index contributed by atoms with van der Waals surface area (Å²) < 4.78 is 5.00. The molecule has 1 rings (SSSR count). The van der Waals surface area contributed by atoms with E-state index in [-0.39, 0.29) is 5.56 Å². The predicted octanol–water partition coefficient (Wildman–Crippen LogP) is 1.56. The molecule has 1 aromatic carbocycles. The molecule has 0 heterocycles. The number of hydrogen-bond donors (Lipinski definition) is 2. The van der Waals surface area contributed by atoms with Gasteiger partial charge in [-0.05, 0) is 19.1 Å². The molecule has 0 spiro atoms. The standard InChI is InChI=1S/C12H12O5/c1-7-3-4-11(17-2)8(5-7)9(13)6-10(14)12(15)16/h3-6,13H,1-2H3,(H,15,16)/b9-6-. The maximum absolute atomic E-state index is 10.9. The van der Waals surface area contributed by atoms with Crippen molar-refractivity contribution in [2.75, 3.05) is 7.11 Å². The van der Waals surface area contributed by atoms with Crippen LogP contribution < -0.4 is 4.74 Å². The molecule has 5 heteroatoms. The molecule has 0 bridgehead atoms. The number of aliphatic hydroxyl groups excluding tert-OH is 1. The molecule has 0 amide bonds. The fourth-order valence-corrected chi connectivity index (χ4v) is 1.29. The van der Waals surface area contributed by atoms with Crippen LogP contribution in [0.2, 0.25) is 0 Å². The van der Waals surface area contributed by atoms with Gasteiger partial charge in [-0.15, -0.1) is 0 Å². The lowest BCUT2D eigenvalue weighted by molar-refractivity contribution is -0.146. The van der Waals surface area contributed by atoms with Gasteiger partial charge in [-0.1, -0.05) is 11.6 Å². The number of ether oxygens (including phenoxy) is 1. The van der Waals surface area contributed by atoms with Crippen molar-refractivity contribution in [1.29, 1.82) is 0 Å². The molecule has 17 heavy (non-hydrogen) atoms. The molecule has 0 radical (unpaired) electrons. The van der Waals surface area contributed by atoms with E-state index >= 15 is 0 Å². The van der Waals surface area contributed by atoms with E-state index in [2.05, 4.69) is 0 Å². The number of rotatable bonds is 4. The number of carbonyl (C=O) groups is 2. The highest BCUT2D eigenvalue weighted by Gasteiger charge is 2.13. The van der Waals surface area contributed by atoms with Gasteiger partial charge in [-0.2, -0.15) is 0 Å². The van der Waals surface area contributed by atoms with Gasteiger partial charge in [-0.25, -0.2) is 4.79 Å². The summed E-state index contributed by atoms with van der Waals surface area (Å²) in [5, 5.41) is 18.1. The fourth-order valence-electron chi connectivity index (χ4n) is 1.29. The van der Waals surface area contributed by atoms with E-state index in [0.717, 1.165) is 5.56 Å². The topological polar surface area (TPSA) is 83.8 Å². The Bertz CT molecular complexity index is 488. The molecule has 0 unspecified atom stereocenters. The van der Waals surface area contributed by atoms with E-state index in [0.29, 0.717) is 11.8 Å². The lowest BCUT2D eigenvalue weighted by Gasteiger charge is -2.08. The molecule has 0 fully saturated rings. The van der Waals surface area contributed by atoms with Crippen molar-refractivity contribution in [3.05, 3.63) is 35.4 Å². The lowest BCUT2D eigenvalue weighted by Crippen LogP contribution is -2.09. The first-order valence-corrected chi connectivity index (χ1v) is 4.78. The SMILES string of the molecule is COc1ccc(C)cc1/C(O)=C/C(=O)C(=O)O.